The van der Waals surface area contributed by atoms with Crippen LogP contribution in [0.2, 0.25) is 0 Å². The number of methoxy groups -OCH3 is 1. The third-order valence-corrected chi connectivity index (χ3v) is 4.42. The molecular formula is C18H24N4O2. The van der Waals surface area contributed by atoms with Gasteiger partial charge in [0, 0.05) is 50.7 Å². The quantitative estimate of drug-likeness (QED) is 0.900. The number of piperazine rings is 1. The molecule has 1 aliphatic rings. The zero-order valence-corrected chi connectivity index (χ0v) is 14.2. The van der Waals surface area contributed by atoms with E-state index in [-0.39, 0.29) is 0 Å². The Labute approximate surface area is 142 Å². The highest BCUT2D eigenvalue weighted by Gasteiger charge is 2.22. The van der Waals surface area contributed by atoms with Gasteiger partial charge in [-0.2, -0.15) is 0 Å². The van der Waals surface area contributed by atoms with Crippen LogP contribution in [-0.2, 0) is 0 Å². The summed E-state index contributed by atoms with van der Waals surface area (Å²) in [4.78, 5) is 13.0. The van der Waals surface area contributed by atoms with E-state index in [1.807, 2.05) is 25.1 Å². The van der Waals surface area contributed by atoms with Gasteiger partial charge in [0.2, 0.25) is 0 Å². The van der Waals surface area contributed by atoms with E-state index >= 15 is 0 Å². The van der Waals surface area contributed by atoms with E-state index in [1.165, 1.54) is 0 Å². The van der Waals surface area contributed by atoms with Gasteiger partial charge < -0.3 is 14.7 Å². The van der Waals surface area contributed by atoms with Crippen molar-refractivity contribution in [3.05, 3.63) is 47.9 Å². The minimum Gasteiger partial charge on any atom is -0.496 e. The molecule has 6 heteroatoms. The van der Waals surface area contributed by atoms with Gasteiger partial charge >= 0.3 is 0 Å². The Kier molecular flexibility index (Phi) is 5.27. The van der Waals surface area contributed by atoms with Gasteiger partial charge in [0.15, 0.2) is 0 Å². The molecular weight excluding hydrogens is 304 g/mol. The SMILES string of the molecule is COc1ccc(C)cc1[C@@H](O)CN1CCN(c2cnccn2)CC1. The van der Waals surface area contributed by atoms with Crippen molar-refractivity contribution in [1.82, 2.24) is 14.9 Å². The van der Waals surface area contributed by atoms with E-state index in [4.69, 9.17) is 4.74 Å². The lowest BCUT2D eigenvalue weighted by Gasteiger charge is -2.36. The number of β-amino-alcohol motifs (C(OH)–C–C–N with tert-alkyl or cyclic N) is 1. The Morgan fingerprint density at radius 1 is 1.21 bits per heavy atom. The van der Waals surface area contributed by atoms with Crippen molar-refractivity contribution in [2.24, 2.45) is 0 Å². The number of aliphatic hydroxyl groups excluding tert-OH is 1. The zero-order chi connectivity index (χ0) is 16.9. The van der Waals surface area contributed by atoms with Crippen molar-refractivity contribution in [2.45, 2.75) is 13.0 Å². The second kappa shape index (κ2) is 7.59. The molecule has 1 atom stereocenters. The Hall–Kier alpha value is -2.18. The van der Waals surface area contributed by atoms with Crippen LogP contribution in [0.4, 0.5) is 5.82 Å². The van der Waals surface area contributed by atoms with Gasteiger partial charge in [-0.3, -0.25) is 9.88 Å². The summed E-state index contributed by atoms with van der Waals surface area (Å²) in [5.41, 5.74) is 1.98. The van der Waals surface area contributed by atoms with Gasteiger partial charge in [-0.25, -0.2) is 4.98 Å². The summed E-state index contributed by atoms with van der Waals surface area (Å²) in [6.07, 6.45) is 4.64. The lowest BCUT2D eigenvalue weighted by Crippen LogP contribution is -2.47. The fourth-order valence-corrected chi connectivity index (χ4v) is 3.07. The first kappa shape index (κ1) is 16.7. The second-order valence-electron chi connectivity index (χ2n) is 6.11. The number of hydrogen-bond acceptors (Lipinski definition) is 6. The average Bonchev–Trinajstić information content (AvgIpc) is 2.63. The minimum absolute atomic E-state index is 0.553. The van der Waals surface area contributed by atoms with Crippen molar-refractivity contribution < 1.29 is 9.84 Å². The first-order chi connectivity index (χ1) is 11.7. The van der Waals surface area contributed by atoms with Crippen molar-refractivity contribution in [2.75, 3.05) is 44.7 Å². The Morgan fingerprint density at radius 2 is 2.00 bits per heavy atom. The minimum atomic E-state index is -0.553. The van der Waals surface area contributed by atoms with Gasteiger partial charge in [-0.05, 0) is 19.1 Å². The normalized spacial score (nSPS) is 16.9. The van der Waals surface area contributed by atoms with E-state index in [1.54, 1.807) is 25.7 Å². The van der Waals surface area contributed by atoms with Crippen LogP contribution in [-0.4, -0.2) is 59.8 Å². The van der Waals surface area contributed by atoms with Crippen LogP contribution in [0.5, 0.6) is 5.75 Å². The maximum absolute atomic E-state index is 10.6. The fourth-order valence-electron chi connectivity index (χ4n) is 3.07. The summed E-state index contributed by atoms with van der Waals surface area (Å²) >= 11 is 0. The Balaban J connectivity index is 1.59. The topological polar surface area (TPSA) is 61.7 Å². The molecule has 24 heavy (non-hydrogen) atoms. The number of rotatable bonds is 5. The third-order valence-electron chi connectivity index (χ3n) is 4.42. The molecule has 0 radical (unpaired) electrons. The zero-order valence-electron chi connectivity index (χ0n) is 14.2. The van der Waals surface area contributed by atoms with Crippen LogP contribution in [0.3, 0.4) is 0 Å². The Bertz CT molecular complexity index is 657. The number of anilines is 1. The van der Waals surface area contributed by atoms with Gasteiger partial charge in [-0.1, -0.05) is 11.6 Å². The van der Waals surface area contributed by atoms with E-state index in [2.05, 4.69) is 19.8 Å². The van der Waals surface area contributed by atoms with E-state index < -0.39 is 6.10 Å². The summed E-state index contributed by atoms with van der Waals surface area (Å²) < 4.78 is 5.38. The molecule has 0 aliphatic carbocycles. The molecule has 1 aromatic heterocycles. The molecule has 1 aliphatic heterocycles. The number of benzene rings is 1. The highest BCUT2D eigenvalue weighted by molar-refractivity contribution is 5.39. The molecule has 3 rings (SSSR count). The summed E-state index contributed by atoms with van der Waals surface area (Å²) in [6.45, 7) is 6.18. The van der Waals surface area contributed by atoms with Gasteiger partial charge in [0.1, 0.15) is 11.6 Å². The number of hydrogen-bond donors (Lipinski definition) is 1. The smallest absolute Gasteiger partial charge is 0.147 e. The number of aliphatic hydroxyl groups is 1. The lowest BCUT2D eigenvalue weighted by molar-refractivity contribution is 0.107. The van der Waals surface area contributed by atoms with Crippen LogP contribution >= 0.6 is 0 Å². The maximum Gasteiger partial charge on any atom is 0.147 e. The van der Waals surface area contributed by atoms with Crippen LogP contribution in [0.25, 0.3) is 0 Å². The second-order valence-corrected chi connectivity index (χ2v) is 6.11. The standard InChI is InChI=1S/C18H24N4O2/c1-14-3-4-17(24-2)15(11-14)16(23)13-21-7-9-22(10-8-21)18-12-19-5-6-20-18/h3-6,11-12,16,23H,7-10,13H2,1-2H3/t16-/m0/s1. The third kappa shape index (κ3) is 3.83. The summed E-state index contributed by atoms with van der Waals surface area (Å²) in [7, 11) is 1.64. The Morgan fingerprint density at radius 3 is 2.67 bits per heavy atom. The van der Waals surface area contributed by atoms with Crippen molar-refractivity contribution in [1.29, 1.82) is 0 Å². The molecule has 6 nitrogen and oxygen atoms in total. The molecule has 0 bridgehead atoms. The predicted molar refractivity (Wildman–Crippen MR) is 93.4 cm³/mol. The maximum atomic E-state index is 10.6. The van der Waals surface area contributed by atoms with Crippen LogP contribution < -0.4 is 9.64 Å². The summed E-state index contributed by atoms with van der Waals surface area (Å²) in [6, 6.07) is 5.91. The van der Waals surface area contributed by atoms with Crippen molar-refractivity contribution in [3.8, 4) is 5.75 Å². The van der Waals surface area contributed by atoms with Crippen LogP contribution in [0, 0.1) is 6.92 Å². The predicted octanol–water partition coefficient (Wildman–Crippen LogP) is 1.65. The molecule has 0 amide bonds. The van der Waals surface area contributed by atoms with Crippen LogP contribution in [0.15, 0.2) is 36.8 Å². The summed E-state index contributed by atoms with van der Waals surface area (Å²) in [5.74, 6) is 1.66. The van der Waals surface area contributed by atoms with Crippen molar-refractivity contribution >= 4 is 5.82 Å². The lowest BCUT2D eigenvalue weighted by atomic mass is 10.0. The largest absolute Gasteiger partial charge is 0.496 e. The molecule has 1 saturated heterocycles. The number of aryl methyl sites for hydroxylation is 1. The molecule has 0 spiro atoms. The van der Waals surface area contributed by atoms with Gasteiger partial charge in [0.05, 0.1) is 19.4 Å². The molecule has 0 unspecified atom stereocenters. The monoisotopic (exact) mass is 328 g/mol. The highest BCUT2D eigenvalue weighted by Crippen LogP contribution is 2.27. The average molecular weight is 328 g/mol. The molecule has 1 fully saturated rings. The molecule has 0 saturated carbocycles. The molecule has 2 aromatic rings. The number of aromatic nitrogens is 2. The van der Waals surface area contributed by atoms with Crippen molar-refractivity contribution in [3.63, 3.8) is 0 Å². The van der Waals surface area contributed by atoms with E-state index in [0.29, 0.717) is 6.54 Å². The highest BCUT2D eigenvalue weighted by atomic mass is 16.5. The van der Waals surface area contributed by atoms with E-state index in [0.717, 1.165) is 48.9 Å². The van der Waals surface area contributed by atoms with Gasteiger partial charge in [0.25, 0.3) is 0 Å². The van der Waals surface area contributed by atoms with Crippen LogP contribution in [0.1, 0.15) is 17.2 Å². The number of ether oxygens (including phenoxy) is 1. The first-order valence-electron chi connectivity index (χ1n) is 8.23. The molecule has 1 N–H and O–H groups in total. The molecule has 2 heterocycles. The van der Waals surface area contributed by atoms with Gasteiger partial charge in [-0.15, -0.1) is 0 Å². The molecule has 1 aromatic carbocycles. The molecule has 128 valence electrons. The van der Waals surface area contributed by atoms with E-state index in [9.17, 15) is 5.11 Å². The number of nitrogens with zero attached hydrogens (tertiary/aromatic N) is 4. The summed E-state index contributed by atoms with van der Waals surface area (Å²) in [5, 5.41) is 10.6. The first-order valence-corrected chi connectivity index (χ1v) is 8.23. The fraction of sp³-hybridized carbons (Fsp3) is 0.444.